The highest BCUT2D eigenvalue weighted by molar-refractivity contribution is 5.94. The SMILES string of the molecule is CCCNC(=O)c1nnc2n1CCN(C(=O)c1ccccc1)C2. The first kappa shape index (κ1) is 15.2. The highest BCUT2D eigenvalue weighted by Gasteiger charge is 2.27. The number of hydrogen-bond acceptors (Lipinski definition) is 4. The van der Waals surface area contributed by atoms with E-state index in [0.29, 0.717) is 43.4 Å². The minimum Gasteiger partial charge on any atom is -0.349 e. The first-order valence-electron chi connectivity index (χ1n) is 7.75. The van der Waals surface area contributed by atoms with E-state index in [9.17, 15) is 9.59 Å². The summed E-state index contributed by atoms with van der Waals surface area (Å²) in [5, 5.41) is 10.9. The molecule has 0 aliphatic carbocycles. The summed E-state index contributed by atoms with van der Waals surface area (Å²) in [5.41, 5.74) is 0.654. The zero-order valence-corrected chi connectivity index (χ0v) is 13.0. The molecule has 2 aromatic rings. The van der Waals surface area contributed by atoms with Gasteiger partial charge >= 0.3 is 0 Å². The number of nitrogens with zero attached hydrogens (tertiary/aromatic N) is 4. The number of aromatic nitrogens is 3. The van der Waals surface area contributed by atoms with Crippen LogP contribution >= 0.6 is 0 Å². The molecule has 120 valence electrons. The molecule has 0 saturated heterocycles. The number of benzene rings is 1. The van der Waals surface area contributed by atoms with Crippen LogP contribution in [0.15, 0.2) is 30.3 Å². The lowest BCUT2D eigenvalue weighted by atomic mass is 10.2. The van der Waals surface area contributed by atoms with Gasteiger partial charge in [-0.05, 0) is 18.6 Å². The number of carbonyl (C=O) groups is 2. The highest BCUT2D eigenvalue weighted by atomic mass is 16.2. The van der Waals surface area contributed by atoms with Gasteiger partial charge < -0.3 is 14.8 Å². The third kappa shape index (κ3) is 3.08. The lowest BCUT2D eigenvalue weighted by Crippen LogP contribution is -2.39. The van der Waals surface area contributed by atoms with Gasteiger partial charge in [0.2, 0.25) is 5.82 Å². The van der Waals surface area contributed by atoms with Gasteiger partial charge in [-0.15, -0.1) is 10.2 Å². The van der Waals surface area contributed by atoms with Gasteiger partial charge in [-0.1, -0.05) is 25.1 Å². The Morgan fingerprint density at radius 1 is 1.17 bits per heavy atom. The van der Waals surface area contributed by atoms with Crippen molar-refractivity contribution in [3.63, 3.8) is 0 Å². The van der Waals surface area contributed by atoms with E-state index in [1.54, 1.807) is 21.6 Å². The second-order valence-electron chi connectivity index (χ2n) is 5.44. The van der Waals surface area contributed by atoms with Crippen LogP contribution in [-0.4, -0.2) is 44.6 Å². The van der Waals surface area contributed by atoms with Gasteiger partial charge in [0.25, 0.3) is 11.8 Å². The minimum atomic E-state index is -0.214. The summed E-state index contributed by atoms with van der Waals surface area (Å²) < 4.78 is 1.79. The van der Waals surface area contributed by atoms with Crippen molar-refractivity contribution in [2.75, 3.05) is 13.1 Å². The second kappa shape index (κ2) is 6.60. The van der Waals surface area contributed by atoms with E-state index in [4.69, 9.17) is 0 Å². The predicted molar refractivity (Wildman–Crippen MR) is 83.8 cm³/mol. The molecule has 2 amide bonds. The molecule has 0 fully saturated rings. The second-order valence-corrected chi connectivity index (χ2v) is 5.44. The molecular formula is C16H19N5O2. The molecular weight excluding hydrogens is 294 g/mol. The Hall–Kier alpha value is -2.70. The molecule has 7 heteroatoms. The summed E-state index contributed by atoms with van der Waals surface area (Å²) in [6.45, 7) is 4.02. The van der Waals surface area contributed by atoms with Gasteiger partial charge in [0.05, 0.1) is 6.54 Å². The van der Waals surface area contributed by atoms with Crippen LogP contribution in [-0.2, 0) is 13.1 Å². The molecule has 1 aliphatic heterocycles. The number of rotatable bonds is 4. The lowest BCUT2D eigenvalue weighted by molar-refractivity contribution is 0.0706. The molecule has 0 radical (unpaired) electrons. The number of fused-ring (bicyclic) bond motifs is 1. The Balaban J connectivity index is 1.74. The Morgan fingerprint density at radius 2 is 1.96 bits per heavy atom. The van der Waals surface area contributed by atoms with Crippen molar-refractivity contribution in [2.45, 2.75) is 26.4 Å². The molecule has 0 bridgehead atoms. The van der Waals surface area contributed by atoms with Crippen LogP contribution in [0.4, 0.5) is 0 Å². The van der Waals surface area contributed by atoms with Crippen LogP contribution in [0, 0.1) is 0 Å². The van der Waals surface area contributed by atoms with Crippen LogP contribution in [0.3, 0.4) is 0 Å². The third-order valence-electron chi connectivity index (χ3n) is 3.80. The van der Waals surface area contributed by atoms with Crippen LogP contribution in [0.1, 0.15) is 40.1 Å². The molecule has 3 rings (SSSR count). The quantitative estimate of drug-likeness (QED) is 0.916. The number of carbonyl (C=O) groups excluding carboxylic acids is 2. The topological polar surface area (TPSA) is 80.1 Å². The Kier molecular flexibility index (Phi) is 4.36. The summed E-state index contributed by atoms with van der Waals surface area (Å²) in [6.07, 6.45) is 0.867. The molecule has 0 unspecified atom stereocenters. The summed E-state index contributed by atoms with van der Waals surface area (Å²) in [4.78, 5) is 26.3. The van der Waals surface area contributed by atoms with E-state index in [1.165, 1.54) is 0 Å². The van der Waals surface area contributed by atoms with Gasteiger partial charge in [-0.2, -0.15) is 0 Å². The van der Waals surface area contributed by atoms with Crippen molar-refractivity contribution < 1.29 is 9.59 Å². The Bertz CT molecular complexity index is 711. The fraction of sp³-hybridized carbons (Fsp3) is 0.375. The van der Waals surface area contributed by atoms with Gasteiger partial charge in [0.1, 0.15) is 0 Å². The number of nitrogens with one attached hydrogen (secondary N) is 1. The molecule has 1 N–H and O–H groups in total. The molecule has 2 heterocycles. The van der Waals surface area contributed by atoms with Crippen molar-refractivity contribution in [1.82, 2.24) is 25.0 Å². The standard InChI is InChI=1S/C16H19N5O2/c1-2-8-17-15(22)14-19-18-13-11-20(9-10-21(13)14)16(23)12-6-4-3-5-7-12/h3-7H,2,8-11H2,1H3,(H,17,22). The van der Waals surface area contributed by atoms with Crippen molar-refractivity contribution in [3.8, 4) is 0 Å². The van der Waals surface area contributed by atoms with Crippen molar-refractivity contribution in [2.24, 2.45) is 0 Å². The summed E-state index contributed by atoms with van der Waals surface area (Å²) in [5.74, 6) is 0.715. The minimum absolute atomic E-state index is 0.0307. The van der Waals surface area contributed by atoms with Crippen molar-refractivity contribution in [1.29, 1.82) is 0 Å². The first-order chi connectivity index (χ1) is 11.2. The summed E-state index contributed by atoms with van der Waals surface area (Å²) >= 11 is 0. The van der Waals surface area contributed by atoms with E-state index in [1.807, 2.05) is 25.1 Å². The normalized spacial score (nSPS) is 13.5. The third-order valence-corrected chi connectivity index (χ3v) is 3.80. The van der Waals surface area contributed by atoms with Gasteiger partial charge in [-0.25, -0.2) is 0 Å². The smallest absolute Gasteiger partial charge is 0.289 e. The van der Waals surface area contributed by atoms with Gasteiger partial charge in [0.15, 0.2) is 5.82 Å². The largest absolute Gasteiger partial charge is 0.349 e. The Labute approximate surface area is 134 Å². The fourth-order valence-electron chi connectivity index (χ4n) is 2.58. The first-order valence-corrected chi connectivity index (χ1v) is 7.75. The van der Waals surface area contributed by atoms with E-state index in [2.05, 4.69) is 15.5 Å². The fourth-order valence-corrected chi connectivity index (χ4v) is 2.58. The maximum Gasteiger partial charge on any atom is 0.289 e. The molecule has 0 spiro atoms. The van der Waals surface area contributed by atoms with Gasteiger partial charge in [0, 0.05) is 25.2 Å². The summed E-state index contributed by atoms with van der Waals surface area (Å²) in [6, 6.07) is 9.16. The molecule has 1 aliphatic rings. The van der Waals surface area contributed by atoms with Crippen LogP contribution in [0.25, 0.3) is 0 Å². The van der Waals surface area contributed by atoms with Crippen LogP contribution in [0.2, 0.25) is 0 Å². The molecule has 0 atom stereocenters. The Morgan fingerprint density at radius 3 is 2.70 bits per heavy atom. The maximum absolute atomic E-state index is 12.5. The van der Waals surface area contributed by atoms with Crippen LogP contribution in [0.5, 0.6) is 0 Å². The predicted octanol–water partition coefficient (Wildman–Crippen LogP) is 1.07. The average Bonchev–Trinajstić information content (AvgIpc) is 3.03. The van der Waals surface area contributed by atoms with E-state index in [-0.39, 0.29) is 11.8 Å². The van der Waals surface area contributed by atoms with Gasteiger partial charge in [-0.3, -0.25) is 9.59 Å². The molecule has 1 aromatic heterocycles. The van der Waals surface area contributed by atoms with Crippen molar-refractivity contribution in [3.05, 3.63) is 47.5 Å². The molecule has 7 nitrogen and oxygen atoms in total. The van der Waals surface area contributed by atoms with E-state index in [0.717, 1.165) is 6.42 Å². The zero-order valence-electron chi connectivity index (χ0n) is 13.0. The molecule has 23 heavy (non-hydrogen) atoms. The number of hydrogen-bond donors (Lipinski definition) is 1. The van der Waals surface area contributed by atoms with Crippen LogP contribution < -0.4 is 5.32 Å². The zero-order chi connectivity index (χ0) is 16.2. The molecule has 1 aromatic carbocycles. The summed E-state index contributed by atoms with van der Waals surface area (Å²) in [7, 11) is 0. The highest BCUT2D eigenvalue weighted by Crippen LogP contribution is 2.15. The maximum atomic E-state index is 12.5. The number of amides is 2. The average molecular weight is 313 g/mol. The molecule has 0 saturated carbocycles. The van der Waals surface area contributed by atoms with E-state index < -0.39 is 0 Å². The monoisotopic (exact) mass is 313 g/mol. The lowest BCUT2D eigenvalue weighted by Gasteiger charge is -2.27. The van der Waals surface area contributed by atoms with E-state index >= 15 is 0 Å². The van der Waals surface area contributed by atoms with Crippen molar-refractivity contribution >= 4 is 11.8 Å².